The van der Waals surface area contributed by atoms with E-state index in [-0.39, 0.29) is 12.7 Å². The van der Waals surface area contributed by atoms with Gasteiger partial charge in [0.1, 0.15) is 4.88 Å². The quantitative estimate of drug-likeness (QED) is 0.696. The summed E-state index contributed by atoms with van der Waals surface area (Å²) < 4.78 is 10.6. The van der Waals surface area contributed by atoms with Crippen molar-refractivity contribution in [3.8, 4) is 11.5 Å². The predicted molar refractivity (Wildman–Crippen MR) is 107 cm³/mol. The van der Waals surface area contributed by atoms with E-state index < -0.39 is 0 Å². The number of amides is 1. The van der Waals surface area contributed by atoms with E-state index in [1.165, 1.54) is 11.3 Å². The number of hydrogen-bond donors (Lipinski definition) is 2. The highest BCUT2D eigenvalue weighted by Crippen LogP contribution is 2.34. The van der Waals surface area contributed by atoms with Gasteiger partial charge in [-0.2, -0.15) is 0 Å². The average molecular weight is 382 g/mol. The summed E-state index contributed by atoms with van der Waals surface area (Å²) in [6, 6.07) is 13.3. The summed E-state index contributed by atoms with van der Waals surface area (Å²) in [7, 11) is 3.97. The molecular formula is C19H18N4O3S. The number of carbonyl (C=O) groups excluding carboxylic acids is 1. The van der Waals surface area contributed by atoms with Gasteiger partial charge in [-0.15, -0.1) is 0 Å². The number of nitrogens with zero attached hydrogens (tertiary/aromatic N) is 2. The number of nitrogens with one attached hydrogen (secondary N) is 2. The van der Waals surface area contributed by atoms with Gasteiger partial charge < -0.3 is 25.0 Å². The first-order chi connectivity index (χ1) is 13.1. The van der Waals surface area contributed by atoms with Crippen molar-refractivity contribution in [3.63, 3.8) is 0 Å². The second kappa shape index (κ2) is 7.16. The van der Waals surface area contributed by atoms with Crippen LogP contribution in [0.15, 0.2) is 48.7 Å². The Bertz CT molecular complexity index is 987. The van der Waals surface area contributed by atoms with Gasteiger partial charge in [0.05, 0.1) is 6.20 Å². The Morgan fingerprint density at radius 1 is 1.11 bits per heavy atom. The zero-order chi connectivity index (χ0) is 18.8. The van der Waals surface area contributed by atoms with Crippen molar-refractivity contribution in [2.24, 2.45) is 0 Å². The molecule has 2 heterocycles. The number of thiazole rings is 1. The highest BCUT2D eigenvalue weighted by molar-refractivity contribution is 7.17. The minimum absolute atomic E-state index is 0.200. The normalized spacial score (nSPS) is 11.9. The first kappa shape index (κ1) is 17.2. The van der Waals surface area contributed by atoms with Crippen LogP contribution in [0.2, 0.25) is 0 Å². The minimum atomic E-state index is -0.221. The zero-order valence-corrected chi connectivity index (χ0v) is 15.7. The Morgan fingerprint density at radius 2 is 1.96 bits per heavy atom. The largest absolute Gasteiger partial charge is 0.454 e. The summed E-state index contributed by atoms with van der Waals surface area (Å²) in [5.41, 5.74) is 2.64. The third-order valence-electron chi connectivity index (χ3n) is 3.97. The van der Waals surface area contributed by atoms with Crippen molar-refractivity contribution in [1.29, 1.82) is 0 Å². The summed E-state index contributed by atoms with van der Waals surface area (Å²) >= 11 is 1.29. The molecule has 3 aromatic rings. The molecule has 1 aliphatic heterocycles. The number of rotatable bonds is 5. The average Bonchev–Trinajstić information content (AvgIpc) is 3.31. The number of hydrogen-bond acceptors (Lipinski definition) is 7. The lowest BCUT2D eigenvalue weighted by Gasteiger charge is -2.13. The van der Waals surface area contributed by atoms with Crippen LogP contribution in [0, 0.1) is 0 Å². The lowest BCUT2D eigenvalue weighted by atomic mass is 10.2. The van der Waals surface area contributed by atoms with Crippen LogP contribution in [-0.2, 0) is 0 Å². The standard InChI is InChI=1S/C19H18N4O3S/c1-23(2)14-5-3-4-12(8-14)22-19-20-10-17(27-19)18(24)21-13-6-7-15-16(9-13)26-11-25-15/h3-10H,11H2,1-2H3,(H,20,22)(H,21,24). The number of fused-ring (bicyclic) bond motifs is 1. The van der Waals surface area contributed by atoms with Crippen molar-refractivity contribution in [3.05, 3.63) is 53.5 Å². The Labute approximate surface area is 160 Å². The molecule has 8 heteroatoms. The van der Waals surface area contributed by atoms with Gasteiger partial charge in [-0.05, 0) is 30.3 Å². The van der Waals surface area contributed by atoms with Gasteiger partial charge >= 0.3 is 0 Å². The molecule has 2 aromatic carbocycles. The molecule has 0 spiro atoms. The van der Waals surface area contributed by atoms with Crippen molar-refractivity contribution in [2.75, 3.05) is 36.4 Å². The molecule has 0 aliphatic carbocycles. The van der Waals surface area contributed by atoms with Crippen LogP contribution in [0.1, 0.15) is 9.67 Å². The van der Waals surface area contributed by atoms with Gasteiger partial charge in [-0.1, -0.05) is 17.4 Å². The number of aromatic nitrogens is 1. The number of anilines is 4. The third kappa shape index (κ3) is 3.80. The summed E-state index contributed by atoms with van der Waals surface area (Å²) in [4.78, 5) is 19.3. The predicted octanol–water partition coefficient (Wildman–Crippen LogP) is 3.93. The molecule has 138 valence electrons. The van der Waals surface area contributed by atoms with Crippen molar-refractivity contribution in [2.45, 2.75) is 0 Å². The smallest absolute Gasteiger partial charge is 0.267 e. The lowest BCUT2D eigenvalue weighted by Crippen LogP contribution is -2.09. The second-order valence-corrected chi connectivity index (χ2v) is 7.15. The zero-order valence-electron chi connectivity index (χ0n) is 14.9. The van der Waals surface area contributed by atoms with Crippen LogP contribution < -0.4 is 25.0 Å². The molecule has 1 aliphatic rings. The van der Waals surface area contributed by atoms with Gasteiger partial charge in [0, 0.05) is 37.2 Å². The molecule has 0 radical (unpaired) electrons. The van der Waals surface area contributed by atoms with Gasteiger partial charge in [0.25, 0.3) is 5.91 Å². The van der Waals surface area contributed by atoms with Crippen LogP contribution in [0.25, 0.3) is 0 Å². The summed E-state index contributed by atoms with van der Waals surface area (Å²) in [5, 5.41) is 6.74. The van der Waals surface area contributed by atoms with E-state index in [4.69, 9.17) is 9.47 Å². The molecule has 0 saturated heterocycles. The van der Waals surface area contributed by atoms with Gasteiger partial charge in [-0.3, -0.25) is 4.79 Å². The Kier molecular flexibility index (Phi) is 4.55. The van der Waals surface area contributed by atoms with Crippen LogP contribution in [-0.4, -0.2) is 31.8 Å². The van der Waals surface area contributed by atoms with E-state index in [1.54, 1.807) is 24.4 Å². The van der Waals surface area contributed by atoms with E-state index in [2.05, 4.69) is 15.6 Å². The third-order valence-corrected chi connectivity index (χ3v) is 4.89. The fourth-order valence-corrected chi connectivity index (χ4v) is 3.32. The molecule has 0 atom stereocenters. The Morgan fingerprint density at radius 3 is 2.81 bits per heavy atom. The van der Waals surface area contributed by atoms with Gasteiger partial charge in [-0.25, -0.2) is 4.98 Å². The fraction of sp³-hybridized carbons (Fsp3) is 0.158. The topological polar surface area (TPSA) is 75.7 Å². The van der Waals surface area contributed by atoms with E-state index in [1.807, 2.05) is 43.3 Å². The molecule has 1 aromatic heterocycles. The summed E-state index contributed by atoms with van der Waals surface area (Å²) in [6.07, 6.45) is 1.56. The Hall–Kier alpha value is -3.26. The molecule has 0 bridgehead atoms. The van der Waals surface area contributed by atoms with Gasteiger partial charge in [0.2, 0.25) is 6.79 Å². The molecule has 0 unspecified atom stereocenters. The SMILES string of the molecule is CN(C)c1cccc(Nc2ncc(C(=O)Nc3ccc4c(c3)OCO4)s2)c1. The fourth-order valence-electron chi connectivity index (χ4n) is 2.59. The van der Waals surface area contributed by atoms with E-state index in [0.717, 1.165) is 11.4 Å². The van der Waals surface area contributed by atoms with Crippen LogP contribution in [0.4, 0.5) is 22.2 Å². The maximum Gasteiger partial charge on any atom is 0.267 e. The summed E-state index contributed by atoms with van der Waals surface area (Å²) in [6.45, 7) is 0.200. The van der Waals surface area contributed by atoms with Crippen molar-refractivity contribution >= 4 is 39.4 Å². The molecule has 4 rings (SSSR count). The molecule has 0 saturated carbocycles. The highest BCUT2D eigenvalue weighted by atomic mass is 32.1. The Balaban J connectivity index is 1.44. The lowest BCUT2D eigenvalue weighted by molar-refractivity contribution is 0.103. The maximum atomic E-state index is 12.5. The molecule has 2 N–H and O–H groups in total. The van der Waals surface area contributed by atoms with Crippen LogP contribution in [0.5, 0.6) is 11.5 Å². The maximum absolute atomic E-state index is 12.5. The summed E-state index contributed by atoms with van der Waals surface area (Å²) in [5.74, 6) is 1.08. The van der Waals surface area contributed by atoms with Crippen molar-refractivity contribution in [1.82, 2.24) is 4.98 Å². The number of benzene rings is 2. The molecule has 27 heavy (non-hydrogen) atoms. The highest BCUT2D eigenvalue weighted by Gasteiger charge is 2.16. The first-order valence-electron chi connectivity index (χ1n) is 8.30. The van der Waals surface area contributed by atoms with E-state index in [0.29, 0.717) is 27.2 Å². The minimum Gasteiger partial charge on any atom is -0.454 e. The number of ether oxygens (including phenoxy) is 2. The van der Waals surface area contributed by atoms with Gasteiger partial charge in [0.15, 0.2) is 16.6 Å². The van der Waals surface area contributed by atoms with Crippen LogP contribution in [0.3, 0.4) is 0 Å². The molecule has 0 fully saturated rings. The van der Waals surface area contributed by atoms with Crippen LogP contribution >= 0.6 is 11.3 Å². The van der Waals surface area contributed by atoms with E-state index >= 15 is 0 Å². The molecular weight excluding hydrogens is 364 g/mol. The van der Waals surface area contributed by atoms with Crippen molar-refractivity contribution < 1.29 is 14.3 Å². The number of carbonyl (C=O) groups is 1. The molecule has 1 amide bonds. The second-order valence-electron chi connectivity index (χ2n) is 6.12. The van der Waals surface area contributed by atoms with E-state index in [9.17, 15) is 4.79 Å². The first-order valence-corrected chi connectivity index (χ1v) is 9.11. The molecule has 7 nitrogen and oxygen atoms in total. The monoisotopic (exact) mass is 382 g/mol.